The van der Waals surface area contributed by atoms with Gasteiger partial charge in [0.25, 0.3) is 0 Å². The predicted molar refractivity (Wildman–Crippen MR) is 114 cm³/mol. The largest absolute Gasteiger partial charge is 0.493 e. The number of allylic oxidation sites excluding steroid dienone is 1. The number of methoxy groups -OCH3 is 1. The first-order chi connectivity index (χ1) is 13.7. The van der Waals surface area contributed by atoms with E-state index in [1.54, 1.807) is 7.11 Å². The second-order valence-corrected chi connectivity index (χ2v) is 6.59. The maximum absolute atomic E-state index is 5.96. The lowest BCUT2D eigenvalue weighted by Crippen LogP contribution is -2.04. The Hall–Kier alpha value is -3.01. The van der Waals surface area contributed by atoms with E-state index < -0.39 is 0 Å². The van der Waals surface area contributed by atoms with Crippen LogP contribution >= 0.6 is 0 Å². The quantitative estimate of drug-likeness (QED) is 0.440. The van der Waals surface area contributed by atoms with Gasteiger partial charge in [-0.2, -0.15) is 0 Å². The van der Waals surface area contributed by atoms with E-state index >= 15 is 0 Å². The third-order valence-corrected chi connectivity index (χ3v) is 4.42. The summed E-state index contributed by atoms with van der Waals surface area (Å²) in [7, 11) is 1.66. The van der Waals surface area contributed by atoms with Crippen LogP contribution in [0.4, 0.5) is 0 Å². The molecule has 0 aliphatic heterocycles. The molecule has 0 unspecified atom stereocenters. The molecule has 0 saturated heterocycles. The second kappa shape index (κ2) is 9.79. The molecular formula is C24H27NO3. The molecule has 0 bridgehead atoms. The molecular weight excluding hydrogens is 350 g/mol. The van der Waals surface area contributed by atoms with E-state index in [4.69, 9.17) is 14.2 Å². The summed E-state index contributed by atoms with van der Waals surface area (Å²) in [4.78, 5) is 4.60. The second-order valence-electron chi connectivity index (χ2n) is 6.59. The van der Waals surface area contributed by atoms with Crippen molar-refractivity contribution in [2.45, 2.75) is 26.7 Å². The molecule has 0 N–H and O–H groups in total. The minimum absolute atomic E-state index is 0.621. The van der Waals surface area contributed by atoms with Gasteiger partial charge in [-0.1, -0.05) is 36.4 Å². The molecule has 0 aliphatic rings. The first-order valence-electron chi connectivity index (χ1n) is 9.64. The lowest BCUT2D eigenvalue weighted by Gasteiger charge is -2.12. The van der Waals surface area contributed by atoms with Gasteiger partial charge in [0.05, 0.1) is 20.3 Å². The van der Waals surface area contributed by atoms with Crippen LogP contribution in [0.15, 0.2) is 54.6 Å². The van der Waals surface area contributed by atoms with Crippen LogP contribution in [-0.2, 0) is 0 Å². The van der Waals surface area contributed by atoms with Crippen LogP contribution in [-0.4, -0.2) is 25.3 Å². The summed E-state index contributed by atoms with van der Waals surface area (Å²) >= 11 is 0. The van der Waals surface area contributed by atoms with Crippen LogP contribution in [0.2, 0.25) is 0 Å². The first kappa shape index (κ1) is 19.7. The summed E-state index contributed by atoms with van der Waals surface area (Å²) in [5.74, 6) is 2.36. The van der Waals surface area contributed by atoms with Crippen molar-refractivity contribution in [3.63, 3.8) is 0 Å². The van der Waals surface area contributed by atoms with E-state index in [2.05, 4.69) is 17.1 Å². The number of para-hydroxylation sites is 1. The monoisotopic (exact) mass is 377 g/mol. The summed E-state index contributed by atoms with van der Waals surface area (Å²) in [6, 6.07) is 16.1. The fourth-order valence-corrected chi connectivity index (χ4v) is 3.00. The van der Waals surface area contributed by atoms with Gasteiger partial charge in [-0.15, -0.1) is 0 Å². The number of fused-ring (bicyclic) bond motifs is 1. The average molecular weight is 377 g/mol. The highest BCUT2D eigenvalue weighted by molar-refractivity contribution is 5.84. The zero-order valence-electron chi connectivity index (χ0n) is 16.8. The van der Waals surface area contributed by atoms with Gasteiger partial charge in [0.1, 0.15) is 11.3 Å². The number of benzene rings is 2. The van der Waals surface area contributed by atoms with Gasteiger partial charge < -0.3 is 14.2 Å². The molecule has 0 radical (unpaired) electrons. The molecule has 0 saturated carbocycles. The maximum atomic E-state index is 5.96. The third kappa shape index (κ3) is 5.03. The van der Waals surface area contributed by atoms with Crippen molar-refractivity contribution in [3.8, 4) is 17.2 Å². The standard InChI is InChI=1S/C24H27NO3/c1-4-8-19-12-14-21(23(17-19)26-3)27-15-5-6-16-28-22-10-7-9-20-13-11-18(2)25-24(20)22/h4,7-14,17H,5-6,15-16H2,1-3H3. The Labute approximate surface area is 166 Å². The van der Waals surface area contributed by atoms with Crippen molar-refractivity contribution in [1.29, 1.82) is 0 Å². The lowest BCUT2D eigenvalue weighted by atomic mass is 10.2. The highest BCUT2D eigenvalue weighted by Crippen LogP contribution is 2.29. The van der Waals surface area contributed by atoms with Crippen molar-refractivity contribution in [2.75, 3.05) is 20.3 Å². The molecule has 0 amide bonds. The van der Waals surface area contributed by atoms with Crippen molar-refractivity contribution < 1.29 is 14.2 Å². The Morgan fingerprint density at radius 3 is 2.43 bits per heavy atom. The van der Waals surface area contributed by atoms with Gasteiger partial charge in [0, 0.05) is 11.1 Å². The Balaban J connectivity index is 1.48. The summed E-state index contributed by atoms with van der Waals surface area (Å²) in [5, 5.41) is 1.10. The number of aromatic nitrogens is 1. The van der Waals surface area contributed by atoms with E-state index in [0.717, 1.165) is 52.3 Å². The van der Waals surface area contributed by atoms with Gasteiger partial charge in [-0.05, 0) is 56.5 Å². The van der Waals surface area contributed by atoms with Crippen LogP contribution in [0.5, 0.6) is 17.2 Å². The number of hydrogen-bond acceptors (Lipinski definition) is 4. The van der Waals surface area contributed by atoms with E-state index in [9.17, 15) is 0 Å². The highest BCUT2D eigenvalue weighted by Gasteiger charge is 2.06. The normalized spacial score (nSPS) is 11.1. The summed E-state index contributed by atoms with van der Waals surface area (Å²) < 4.78 is 17.3. The number of unbranched alkanes of at least 4 members (excludes halogenated alkanes) is 1. The van der Waals surface area contributed by atoms with Gasteiger partial charge in [-0.25, -0.2) is 4.98 Å². The molecule has 28 heavy (non-hydrogen) atoms. The van der Waals surface area contributed by atoms with Crippen molar-refractivity contribution in [1.82, 2.24) is 4.98 Å². The van der Waals surface area contributed by atoms with Gasteiger partial charge >= 0.3 is 0 Å². The molecule has 0 atom stereocenters. The zero-order valence-corrected chi connectivity index (χ0v) is 16.8. The SMILES string of the molecule is CC=Cc1ccc(OCCCCOc2cccc3ccc(C)nc23)c(OC)c1. The number of nitrogens with zero attached hydrogens (tertiary/aromatic N) is 1. The minimum Gasteiger partial charge on any atom is -0.493 e. The van der Waals surface area contributed by atoms with Crippen LogP contribution in [0.1, 0.15) is 31.0 Å². The van der Waals surface area contributed by atoms with Crippen LogP contribution in [0, 0.1) is 6.92 Å². The molecule has 0 aliphatic carbocycles. The topological polar surface area (TPSA) is 40.6 Å². The van der Waals surface area contributed by atoms with Crippen LogP contribution in [0.3, 0.4) is 0 Å². The molecule has 4 heteroatoms. The highest BCUT2D eigenvalue weighted by atomic mass is 16.5. The van der Waals surface area contributed by atoms with E-state index in [1.165, 1.54) is 0 Å². The summed E-state index contributed by atoms with van der Waals surface area (Å²) in [6.07, 6.45) is 5.84. The van der Waals surface area contributed by atoms with Crippen molar-refractivity contribution >= 4 is 17.0 Å². The first-order valence-corrected chi connectivity index (χ1v) is 9.64. The summed E-state index contributed by atoms with van der Waals surface area (Å²) in [5.41, 5.74) is 3.01. The molecule has 1 heterocycles. The Kier molecular flexibility index (Phi) is 6.90. The fourth-order valence-electron chi connectivity index (χ4n) is 3.00. The van der Waals surface area contributed by atoms with E-state index in [-0.39, 0.29) is 0 Å². The Morgan fingerprint density at radius 1 is 0.893 bits per heavy atom. The number of aryl methyl sites for hydroxylation is 1. The molecule has 2 aromatic carbocycles. The molecule has 3 aromatic rings. The maximum Gasteiger partial charge on any atom is 0.161 e. The van der Waals surface area contributed by atoms with E-state index in [0.29, 0.717) is 13.2 Å². The molecule has 0 fully saturated rings. The Bertz CT molecular complexity index is 950. The van der Waals surface area contributed by atoms with Gasteiger partial charge in [0.2, 0.25) is 0 Å². The molecule has 3 rings (SSSR count). The van der Waals surface area contributed by atoms with Gasteiger partial charge in [0.15, 0.2) is 11.5 Å². The number of hydrogen-bond donors (Lipinski definition) is 0. The number of pyridine rings is 1. The lowest BCUT2D eigenvalue weighted by molar-refractivity contribution is 0.259. The molecule has 1 aromatic heterocycles. The average Bonchev–Trinajstić information content (AvgIpc) is 2.71. The fraction of sp³-hybridized carbons (Fsp3) is 0.292. The minimum atomic E-state index is 0.621. The summed E-state index contributed by atoms with van der Waals surface area (Å²) in [6.45, 7) is 5.24. The van der Waals surface area contributed by atoms with Gasteiger partial charge in [-0.3, -0.25) is 0 Å². The van der Waals surface area contributed by atoms with E-state index in [1.807, 2.05) is 62.4 Å². The third-order valence-electron chi connectivity index (χ3n) is 4.42. The molecule has 146 valence electrons. The number of ether oxygens (including phenoxy) is 3. The number of rotatable bonds is 9. The predicted octanol–water partition coefficient (Wildman–Crippen LogP) is 5.82. The van der Waals surface area contributed by atoms with Crippen LogP contribution in [0.25, 0.3) is 17.0 Å². The zero-order chi connectivity index (χ0) is 19.8. The smallest absolute Gasteiger partial charge is 0.161 e. The van der Waals surface area contributed by atoms with Crippen molar-refractivity contribution in [3.05, 3.63) is 65.9 Å². The van der Waals surface area contributed by atoms with Crippen molar-refractivity contribution in [2.24, 2.45) is 0 Å². The molecule has 4 nitrogen and oxygen atoms in total. The molecule has 0 spiro atoms. The Morgan fingerprint density at radius 2 is 1.68 bits per heavy atom. The van der Waals surface area contributed by atoms with Crippen LogP contribution < -0.4 is 14.2 Å².